The zero-order chi connectivity index (χ0) is 15.7. The molecular weight excluding hydrogens is 274 g/mol. The number of carboxylic acids is 1. The molecule has 1 aromatic heterocycles. The number of rotatable bonds is 4. The van der Waals surface area contributed by atoms with Crippen LogP contribution in [-0.2, 0) is 6.54 Å². The molecule has 112 valence electrons. The first-order chi connectivity index (χ1) is 9.96. The maximum atomic E-state index is 12.5. The molecule has 0 aliphatic heterocycles. The number of benzene rings is 1. The molecule has 0 saturated heterocycles. The van der Waals surface area contributed by atoms with Crippen LogP contribution in [0.25, 0.3) is 10.8 Å². The molecular formula is C15H17NO5. The minimum Gasteiger partial charge on any atom is -0.493 e. The molecule has 1 N–H and O–H groups in total. The highest BCUT2D eigenvalue weighted by molar-refractivity contribution is 6.05. The lowest BCUT2D eigenvalue weighted by atomic mass is 10.0. The van der Waals surface area contributed by atoms with Gasteiger partial charge in [-0.15, -0.1) is 0 Å². The summed E-state index contributed by atoms with van der Waals surface area (Å²) >= 11 is 0. The molecule has 0 aliphatic carbocycles. The Balaban J connectivity index is 3.05. The van der Waals surface area contributed by atoms with Gasteiger partial charge >= 0.3 is 5.97 Å². The van der Waals surface area contributed by atoms with Crippen molar-refractivity contribution < 1.29 is 19.4 Å². The van der Waals surface area contributed by atoms with Crippen LogP contribution in [-0.4, -0.2) is 29.9 Å². The third-order valence-corrected chi connectivity index (χ3v) is 3.57. The lowest BCUT2D eigenvalue weighted by Gasteiger charge is -2.15. The summed E-state index contributed by atoms with van der Waals surface area (Å²) in [4.78, 5) is 24.1. The molecule has 1 heterocycles. The van der Waals surface area contributed by atoms with E-state index in [1.54, 1.807) is 13.8 Å². The summed E-state index contributed by atoms with van der Waals surface area (Å²) in [5.74, 6) is -0.294. The highest BCUT2D eigenvalue weighted by Crippen LogP contribution is 2.33. The van der Waals surface area contributed by atoms with Gasteiger partial charge in [0.15, 0.2) is 11.5 Å². The number of aromatic carboxylic acids is 1. The molecule has 6 nitrogen and oxygen atoms in total. The van der Waals surface area contributed by atoms with Gasteiger partial charge in [-0.1, -0.05) is 0 Å². The largest absolute Gasteiger partial charge is 0.493 e. The third kappa shape index (κ3) is 2.22. The fourth-order valence-corrected chi connectivity index (χ4v) is 2.54. The summed E-state index contributed by atoms with van der Waals surface area (Å²) in [7, 11) is 2.93. The normalized spacial score (nSPS) is 10.7. The van der Waals surface area contributed by atoms with E-state index in [4.69, 9.17) is 9.47 Å². The highest BCUT2D eigenvalue weighted by Gasteiger charge is 2.20. The van der Waals surface area contributed by atoms with Crippen molar-refractivity contribution in [3.05, 3.63) is 33.7 Å². The van der Waals surface area contributed by atoms with E-state index >= 15 is 0 Å². The highest BCUT2D eigenvalue weighted by atomic mass is 16.5. The summed E-state index contributed by atoms with van der Waals surface area (Å²) in [6.07, 6.45) is 0. The van der Waals surface area contributed by atoms with Gasteiger partial charge in [0.2, 0.25) is 0 Å². The number of nitrogens with zero attached hydrogens (tertiary/aromatic N) is 1. The van der Waals surface area contributed by atoms with Gasteiger partial charge < -0.3 is 19.1 Å². The van der Waals surface area contributed by atoms with Gasteiger partial charge in [-0.05, 0) is 26.0 Å². The van der Waals surface area contributed by atoms with Crippen molar-refractivity contribution in [2.45, 2.75) is 20.4 Å². The van der Waals surface area contributed by atoms with Gasteiger partial charge in [-0.3, -0.25) is 4.79 Å². The summed E-state index contributed by atoms with van der Waals surface area (Å²) < 4.78 is 11.8. The first-order valence-corrected chi connectivity index (χ1v) is 6.48. The molecule has 21 heavy (non-hydrogen) atoms. The molecule has 0 unspecified atom stereocenters. The maximum Gasteiger partial charge on any atom is 0.338 e. The average Bonchev–Trinajstić information content (AvgIpc) is 2.46. The monoisotopic (exact) mass is 291 g/mol. The summed E-state index contributed by atoms with van der Waals surface area (Å²) in [6.45, 7) is 3.83. The topological polar surface area (TPSA) is 77.8 Å². The second kappa shape index (κ2) is 5.47. The Kier molecular flexibility index (Phi) is 3.88. The molecule has 0 saturated carbocycles. The van der Waals surface area contributed by atoms with Crippen molar-refractivity contribution in [2.75, 3.05) is 14.2 Å². The van der Waals surface area contributed by atoms with Crippen LogP contribution in [0.2, 0.25) is 0 Å². The lowest BCUT2D eigenvalue weighted by Crippen LogP contribution is -2.25. The predicted molar refractivity (Wildman–Crippen MR) is 78.7 cm³/mol. The van der Waals surface area contributed by atoms with Crippen molar-refractivity contribution >= 4 is 16.7 Å². The average molecular weight is 291 g/mol. The van der Waals surface area contributed by atoms with Gasteiger partial charge in [0, 0.05) is 17.6 Å². The van der Waals surface area contributed by atoms with Gasteiger partial charge in [0.05, 0.1) is 25.2 Å². The van der Waals surface area contributed by atoms with E-state index in [0.29, 0.717) is 34.5 Å². The van der Waals surface area contributed by atoms with Crippen LogP contribution in [0.4, 0.5) is 0 Å². The Labute approximate surface area is 121 Å². The van der Waals surface area contributed by atoms with Crippen LogP contribution < -0.4 is 15.0 Å². The maximum absolute atomic E-state index is 12.5. The Hall–Kier alpha value is -2.50. The van der Waals surface area contributed by atoms with Crippen molar-refractivity contribution in [2.24, 2.45) is 0 Å². The zero-order valence-corrected chi connectivity index (χ0v) is 12.4. The first kappa shape index (κ1) is 14.9. The number of methoxy groups -OCH3 is 2. The lowest BCUT2D eigenvalue weighted by molar-refractivity contribution is 0.0697. The molecule has 0 amide bonds. The van der Waals surface area contributed by atoms with Crippen LogP contribution in [0.15, 0.2) is 16.9 Å². The van der Waals surface area contributed by atoms with E-state index in [-0.39, 0.29) is 11.1 Å². The minimum absolute atomic E-state index is 0.104. The molecule has 0 radical (unpaired) electrons. The number of pyridine rings is 1. The molecule has 0 spiro atoms. The Bertz CT molecular complexity index is 776. The Morgan fingerprint density at radius 3 is 2.14 bits per heavy atom. The van der Waals surface area contributed by atoms with Crippen molar-refractivity contribution in [1.29, 1.82) is 0 Å². The quantitative estimate of drug-likeness (QED) is 0.932. The number of fused-ring (bicyclic) bond motifs is 1. The van der Waals surface area contributed by atoms with Crippen molar-refractivity contribution in [1.82, 2.24) is 4.57 Å². The first-order valence-electron chi connectivity index (χ1n) is 6.48. The zero-order valence-electron chi connectivity index (χ0n) is 12.4. The molecule has 1 aromatic carbocycles. The Morgan fingerprint density at radius 1 is 1.19 bits per heavy atom. The number of carbonyl (C=O) groups is 1. The number of ether oxygens (including phenoxy) is 2. The second-order valence-electron chi connectivity index (χ2n) is 4.57. The number of aromatic nitrogens is 1. The van der Waals surface area contributed by atoms with E-state index in [1.165, 1.54) is 30.9 Å². The molecule has 0 aliphatic rings. The van der Waals surface area contributed by atoms with E-state index in [0.717, 1.165) is 0 Å². The van der Waals surface area contributed by atoms with E-state index in [2.05, 4.69) is 0 Å². The van der Waals surface area contributed by atoms with E-state index in [1.807, 2.05) is 0 Å². The molecule has 0 bridgehead atoms. The summed E-state index contributed by atoms with van der Waals surface area (Å²) in [5.41, 5.74) is 0.290. The summed E-state index contributed by atoms with van der Waals surface area (Å²) in [5, 5.41) is 10.1. The van der Waals surface area contributed by atoms with Crippen molar-refractivity contribution in [3.8, 4) is 11.5 Å². The van der Waals surface area contributed by atoms with Crippen LogP contribution >= 0.6 is 0 Å². The Morgan fingerprint density at radius 2 is 1.71 bits per heavy atom. The van der Waals surface area contributed by atoms with Crippen LogP contribution in [0, 0.1) is 6.92 Å². The van der Waals surface area contributed by atoms with E-state index < -0.39 is 5.97 Å². The second-order valence-corrected chi connectivity index (χ2v) is 4.57. The van der Waals surface area contributed by atoms with Gasteiger partial charge in [0.1, 0.15) is 0 Å². The minimum atomic E-state index is -1.08. The number of hydrogen-bond donors (Lipinski definition) is 1. The third-order valence-electron chi connectivity index (χ3n) is 3.57. The van der Waals surface area contributed by atoms with Crippen LogP contribution in [0.3, 0.4) is 0 Å². The molecule has 6 heteroatoms. The van der Waals surface area contributed by atoms with Gasteiger partial charge in [-0.2, -0.15) is 0 Å². The summed E-state index contributed by atoms with van der Waals surface area (Å²) in [6, 6.07) is 3.06. The number of carboxylic acid groups (broad SMARTS) is 1. The number of hydrogen-bond acceptors (Lipinski definition) is 4. The molecule has 0 atom stereocenters. The SMILES string of the molecule is CCn1c(C)c(C(=O)O)c2cc(OC)c(OC)cc2c1=O. The molecule has 2 aromatic rings. The van der Waals surface area contributed by atoms with Gasteiger partial charge in [-0.25, -0.2) is 4.79 Å². The van der Waals surface area contributed by atoms with Gasteiger partial charge in [0.25, 0.3) is 5.56 Å². The van der Waals surface area contributed by atoms with Crippen LogP contribution in [0.1, 0.15) is 23.0 Å². The van der Waals surface area contributed by atoms with E-state index in [9.17, 15) is 14.7 Å². The van der Waals surface area contributed by atoms with Crippen molar-refractivity contribution in [3.63, 3.8) is 0 Å². The predicted octanol–water partition coefficient (Wildman–Crippen LogP) is 2.05. The fourth-order valence-electron chi connectivity index (χ4n) is 2.54. The van der Waals surface area contributed by atoms with Crippen LogP contribution in [0.5, 0.6) is 11.5 Å². The smallest absolute Gasteiger partial charge is 0.338 e. The molecule has 2 rings (SSSR count). The molecule has 0 fully saturated rings. The fraction of sp³-hybridized carbons (Fsp3) is 0.333. The standard InChI is InChI=1S/C15H17NO5/c1-5-16-8(2)13(15(18)19)9-6-11(20-3)12(21-4)7-10(9)14(16)17/h6-7H,5H2,1-4H3,(H,18,19).